The van der Waals surface area contributed by atoms with Crippen molar-refractivity contribution < 1.29 is 9.26 Å². The second kappa shape index (κ2) is 8.65. The number of nitrogens with zero attached hydrogens (tertiary/aromatic N) is 4. The lowest BCUT2D eigenvalue weighted by atomic mass is 9.57. The highest BCUT2D eigenvalue weighted by atomic mass is 127. The number of ether oxygens (including phenoxy) is 1. The van der Waals surface area contributed by atoms with Crippen molar-refractivity contribution in [3.8, 4) is 0 Å². The van der Waals surface area contributed by atoms with E-state index < -0.39 is 0 Å². The number of nitrogens with one attached hydrogen (secondary N) is 1. The number of rotatable bonds is 4. The fraction of sp³-hybridized carbons (Fsp3) is 0.789. The van der Waals surface area contributed by atoms with Gasteiger partial charge in [0.15, 0.2) is 5.96 Å². The molecule has 0 bridgehead atoms. The minimum atomic E-state index is 0. The first-order valence-electron chi connectivity index (χ1n) is 9.88. The quantitative estimate of drug-likeness (QED) is 0.398. The standard InChI is InChI=1S/C19H31N5O2.HI/c1-4-20-18(21-16-15-6-11-25-17(15)19(16,2)3)24-9-7-23(8-10-24)13-14-5-12-26-22-14;/h5,12,15-17H,4,6-11,13H2,1-3H3,(H,20,21);1H. The van der Waals surface area contributed by atoms with E-state index in [-0.39, 0.29) is 29.4 Å². The van der Waals surface area contributed by atoms with Crippen LogP contribution in [-0.2, 0) is 11.3 Å². The summed E-state index contributed by atoms with van der Waals surface area (Å²) in [5.41, 5.74) is 1.17. The van der Waals surface area contributed by atoms with Crippen molar-refractivity contribution in [2.75, 3.05) is 39.3 Å². The Morgan fingerprint density at radius 1 is 1.33 bits per heavy atom. The molecule has 27 heavy (non-hydrogen) atoms. The van der Waals surface area contributed by atoms with E-state index >= 15 is 0 Å². The molecule has 4 rings (SSSR count). The van der Waals surface area contributed by atoms with Crippen LogP contribution in [0.1, 0.15) is 32.9 Å². The van der Waals surface area contributed by atoms with Crippen molar-refractivity contribution in [1.29, 1.82) is 0 Å². The van der Waals surface area contributed by atoms with E-state index in [1.165, 1.54) is 0 Å². The third-order valence-electron chi connectivity index (χ3n) is 6.24. The predicted molar refractivity (Wildman–Crippen MR) is 115 cm³/mol. The Labute approximate surface area is 178 Å². The molecule has 1 saturated carbocycles. The van der Waals surface area contributed by atoms with Crippen LogP contribution in [0, 0.1) is 11.3 Å². The molecule has 1 aliphatic carbocycles. The van der Waals surface area contributed by atoms with Crippen LogP contribution >= 0.6 is 24.0 Å². The first-order chi connectivity index (χ1) is 12.6. The van der Waals surface area contributed by atoms with Crippen LogP contribution in [0.3, 0.4) is 0 Å². The maximum absolute atomic E-state index is 5.93. The van der Waals surface area contributed by atoms with Gasteiger partial charge in [0, 0.05) is 69.3 Å². The highest BCUT2D eigenvalue weighted by Gasteiger charge is 2.59. The summed E-state index contributed by atoms with van der Waals surface area (Å²) in [5.74, 6) is 1.69. The highest BCUT2D eigenvalue weighted by molar-refractivity contribution is 14.0. The molecule has 0 aromatic carbocycles. The summed E-state index contributed by atoms with van der Waals surface area (Å²) in [7, 11) is 0. The molecule has 0 amide bonds. The largest absolute Gasteiger partial charge is 0.377 e. The molecule has 1 aromatic heterocycles. The summed E-state index contributed by atoms with van der Waals surface area (Å²) in [6.45, 7) is 13.3. The zero-order valence-corrected chi connectivity index (χ0v) is 18.9. The number of guanidine groups is 1. The van der Waals surface area contributed by atoms with Crippen molar-refractivity contribution in [2.45, 2.75) is 45.9 Å². The second-order valence-corrected chi connectivity index (χ2v) is 8.24. The number of fused-ring (bicyclic) bond motifs is 1. The van der Waals surface area contributed by atoms with Gasteiger partial charge in [0.1, 0.15) is 6.26 Å². The molecule has 3 unspecified atom stereocenters. The van der Waals surface area contributed by atoms with E-state index in [9.17, 15) is 0 Å². The van der Waals surface area contributed by atoms with Crippen LogP contribution in [0.15, 0.2) is 21.8 Å². The van der Waals surface area contributed by atoms with Gasteiger partial charge in [-0.3, -0.25) is 9.89 Å². The van der Waals surface area contributed by atoms with Gasteiger partial charge in [-0.1, -0.05) is 19.0 Å². The summed E-state index contributed by atoms with van der Waals surface area (Å²) in [5, 5.41) is 7.82. The van der Waals surface area contributed by atoms with Crippen molar-refractivity contribution in [2.24, 2.45) is 16.3 Å². The van der Waals surface area contributed by atoms with Crippen LogP contribution in [0.25, 0.3) is 0 Å². The van der Waals surface area contributed by atoms with Gasteiger partial charge in [-0.25, -0.2) is 0 Å². The Morgan fingerprint density at radius 2 is 2.11 bits per heavy atom. The minimum Gasteiger partial charge on any atom is -0.377 e. The van der Waals surface area contributed by atoms with E-state index in [4.69, 9.17) is 14.3 Å². The fourth-order valence-corrected chi connectivity index (χ4v) is 4.81. The van der Waals surface area contributed by atoms with Crippen LogP contribution in [-0.4, -0.2) is 72.4 Å². The van der Waals surface area contributed by atoms with E-state index in [0.29, 0.717) is 18.1 Å². The van der Waals surface area contributed by atoms with Gasteiger partial charge < -0.3 is 19.5 Å². The average molecular weight is 489 g/mol. The second-order valence-electron chi connectivity index (χ2n) is 8.24. The molecule has 152 valence electrons. The molecule has 1 N–H and O–H groups in total. The van der Waals surface area contributed by atoms with Gasteiger partial charge in [0.05, 0.1) is 11.8 Å². The molecular weight excluding hydrogens is 457 g/mol. The lowest BCUT2D eigenvalue weighted by Gasteiger charge is -2.55. The summed E-state index contributed by atoms with van der Waals surface area (Å²) < 4.78 is 10.9. The van der Waals surface area contributed by atoms with E-state index in [0.717, 1.165) is 63.9 Å². The molecule has 1 aromatic rings. The van der Waals surface area contributed by atoms with E-state index in [1.54, 1.807) is 6.26 Å². The molecule has 3 heterocycles. The summed E-state index contributed by atoms with van der Waals surface area (Å²) >= 11 is 0. The molecule has 3 fully saturated rings. The van der Waals surface area contributed by atoms with Gasteiger partial charge in [-0.2, -0.15) is 0 Å². The molecule has 0 spiro atoms. The zero-order chi connectivity index (χ0) is 18.1. The number of piperazine rings is 1. The number of hydrogen-bond donors (Lipinski definition) is 1. The van der Waals surface area contributed by atoms with Gasteiger partial charge in [-0.05, 0) is 13.3 Å². The van der Waals surface area contributed by atoms with Crippen molar-refractivity contribution >= 4 is 29.9 Å². The lowest BCUT2D eigenvalue weighted by molar-refractivity contribution is -0.107. The maximum Gasteiger partial charge on any atom is 0.194 e. The average Bonchev–Trinajstić information content (AvgIpc) is 3.30. The number of aromatic nitrogens is 1. The third-order valence-corrected chi connectivity index (χ3v) is 6.24. The Kier molecular flexibility index (Phi) is 6.68. The summed E-state index contributed by atoms with van der Waals surface area (Å²) in [6, 6.07) is 2.39. The Hall–Kier alpha value is -0.870. The molecule has 7 nitrogen and oxygen atoms in total. The lowest BCUT2D eigenvalue weighted by Crippen LogP contribution is -2.68. The summed E-state index contributed by atoms with van der Waals surface area (Å²) in [4.78, 5) is 9.62. The Morgan fingerprint density at radius 3 is 2.78 bits per heavy atom. The molecule has 0 radical (unpaired) electrons. The van der Waals surface area contributed by atoms with Crippen LogP contribution < -0.4 is 5.32 Å². The van der Waals surface area contributed by atoms with Gasteiger partial charge >= 0.3 is 0 Å². The highest BCUT2D eigenvalue weighted by Crippen LogP contribution is 2.52. The van der Waals surface area contributed by atoms with Gasteiger partial charge in [0.2, 0.25) is 0 Å². The SMILES string of the molecule is CCN=C(NC1C2CCOC2C1(C)C)N1CCN(Cc2ccon2)CC1.I. The normalized spacial score (nSPS) is 30.4. The molecule has 3 atom stereocenters. The first-order valence-corrected chi connectivity index (χ1v) is 9.88. The number of aliphatic imine (C=N–C) groups is 1. The van der Waals surface area contributed by atoms with Crippen LogP contribution in [0.2, 0.25) is 0 Å². The third kappa shape index (κ3) is 4.12. The molecule has 3 aliphatic rings. The molecule has 2 saturated heterocycles. The molecule has 8 heteroatoms. The number of halogens is 1. The predicted octanol–water partition coefficient (Wildman–Crippen LogP) is 2.19. The smallest absolute Gasteiger partial charge is 0.194 e. The van der Waals surface area contributed by atoms with E-state index in [1.807, 2.05) is 6.07 Å². The van der Waals surface area contributed by atoms with Crippen molar-refractivity contribution in [1.82, 2.24) is 20.3 Å². The number of hydrogen-bond acceptors (Lipinski definition) is 5. The maximum atomic E-state index is 5.93. The summed E-state index contributed by atoms with van der Waals surface area (Å²) in [6.07, 6.45) is 3.21. The Balaban J connectivity index is 0.00000210. The molecular formula is C19H32IN5O2. The molecule has 2 aliphatic heterocycles. The van der Waals surface area contributed by atoms with Gasteiger partial charge in [0.25, 0.3) is 0 Å². The first kappa shape index (κ1) is 20.9. The van der Waals surface area contributed by atoms with E-state index in [2.05, 4.69) is 41.0 Å². The van der Waals surface area contributed by atoms with Crippen molar-refractivity contribution in [3.63, 3.8) is 0 Å². The van der Waals surface area contributed by atoms with Crippen LogP contribution in [0.5, 0.6) is 0 Å². The van der Waals surface area contributed by atoms with Crippen LogP contribution in [0.4, 0.5) is 0 Å². The van der Waals surface area contributed by atoms with Crippen molar-refractivity contribution in [3.05, 3.63) is 18.0 Å². The minimum absolute atomic E-state index is 0. The fourth-order valence-electron chi connectivity index (χ4n) is 4.81. The topological polar surface area (TPSA) is 66.1 Å². The monoisotopic (exact) mass is 489 g/mol. The zero-order valence-electron chi connectivity index (χ0n) is 16.6. The van der Waals surface area contributed by atoms with Gasteiger partial charge in [-0.15, -0.1) is 24.0 Å². The Bertz CT molecular complexity index is 628.